The van der Waals surface area contributed by atoms with Crippen molar-refractivity contribution in [1.29, 1.82) is 0 Å². The van der Waals surface area contributed by atoms with Crippen molar-refractivity contribution in [1.82, 2.24) is 0 Å². The lowest BCUT2D eigenvalue weighted by molar-refractivity contribution is 0.505. The van der Waals surface area contributed by atoms with Crippen molar-refractivity contribution in [2.24, 2.45) is 5.92 Å². The van der Waals surface area contributed by atoms with Crippen LogP contribution in [0.25, 0.3) is 0 Å². The van der Waals surface area contributed by atoms with E-state index in [1.807, 2.05) is 12.1 Å². The highest BCUT2D eigenvalue weighted by atomic mass is 15.1. The number of hydrogen-bond acceptors (Lipinski definition) is 2. The highest BCUT2D eigenvalue weighted by Gasteiger charge is 2.13. The van der Waals surface area contributed by atoms with Gasteiger partial charge < -0.3 is 10.6 Å². The van der Waals surface area contributed by atoms with Crippen LogP contribution in [0.15, 0.2) is 18.2 Å². The van der Waals surface area contributed by atoms with Gasteiger partial charge in [0.1, 0.15) is 0 Å². The molecule has 0 heterocycles. The Labute approximate surface area is 93.1 Å². The molecule has 1 aromatic carbocycles. The van der Waals surface area contributed by atoms with E-state index in [4.69, 9.17) is 5.73 Å². The summed E-state index contributed by atoms with van der Waals surface area (Å²) in [6.45, 7) is 8.79. The second-order valence-electron chi connectivity index (χ2n) is 4.70. The first-order valence-electron chi connectivity index (χ1n) is 5.52. The third-order valence-electron chi connectivity index (χ3n) is 3.07. The van der Waals surface area contributed by atoms with E-state index >= 15 is 0 Å². The molecule has 2 nitrogen and oxygen atoms in total. The Bertz CT molecular complexity index is 311. The molecule has 0 saturated heterocycles. The molecule has 0 spiro atoms. The maximum absolute atomic E-state index is 5.85. The molecule has 0 aliphatic rings. The van der Waals surface area contributed by atoms with Crippen LogP contribution in [0, 0.1) is 12.8 Å². The van der Waals surface area contributed by atoms with Gasteiger partial charge in [0.2, 0.25) is 0 Å². The molecule has 0 aliphatic heterocycles. The van der Waals surface area contributed by atoms with Crippen molar-refractivity contribution in [3.05, 3.63) is 23.8 Å². The van der Waals surface area contributed by atoms with E-state index in [1.54, 1.807) is 0 Å². The Kier molecular flexibility index (Phi) is 3.61. The largest absolute Gasteiger partial charge is 0.399 e. The summed E-state index contributed by atoms with van der Waals surface area (Å²) in [6.07, 6.45) is 0. The lowest BCUT2D eigenvalue weighted by atomic mass is 10.0. The minimum Gasteiger partial charge on any atom is -0.399 e. The summed E-state index contributed by atoms with van der Waals surface area (Å²) in [5.41, 5.74) is 9.11. The topological polar surface area (TPSA) is 29.3 Å². The molecule has 1 atom stereocenters. The lowest BCUT2D eigenvalue weighted by Gasteiger charge is -2.30. The number of nitrogen functional groups attached to an aromatic ring is 1. The average Bonchev–Trinajstić information content (AvgIpc) is 2.13. The summed E-state index contributed by atoms with van der Waals surface area (Å²) in [7, 11) is 2.12. The van der Waals surface area contributed by atoms with Gasteiger partial charge in [-0.3, -0.25) is 0 Å². The van der Waals surface area contributed by atoms with Crippen LogP contribution in [-0.2, 0) is 0 Å². The molecule has 0 saturated carbocycles. The molecular weight excluding hydrogens is 184 g/mol. The van der Waals surface area contributed by atoms with Crippen LogP contribution in [-0.4, -0.2) is 13.1 Å². The van der Waals surface area contributed by atoms with E-state index in [-0.39, 0.29) is 0 Å². The van der Waals surface area contributed by atoms with Gasteiger partial charge in [-0.2, -0.15) is 0 Å². The lowest BCUT2D eigenvalue weighted by Crippen LogP contribution is -2.33. The highest BCUT2D eigenvalue weighted by molar-refractivity contribution is 5.58. The summed E-state index contributed by atoms with van der Waals surface area (Å²) >= 11 is 0. The fourth-order valence-corrected chi connectivity index (χ4v) is 1.68. The zero-order valence-corrected chi connectivity index (χ0v) is 10.4. The first-order valence-corrected chi connectivity index (χ1v) is 5.52. The second-order valence-corrected chi connectivity index (χ2v) is 4.70. The van der Waals surface area contributed by atoms with Gasteiger partial charge in [-0.15, -0.1) is 0 Å². The molecule has 15 heavy (non-hydrogen) atoms. The molecule has 0 fully saturated rings. The summed E-state index contributed by atoms with van der Waals surface area (Å²) in [4.78, 5) is 2.29. The van der Waals surface area contributed by atoms with Crippen LogP contribution in [0.4, 0.5) is 11.4 Å². The molecule has 1 rings (SSSR count). The molecule has 0 radical (unpaired) electrons. The number of hydrogen-bond donors (Lipinski definition) is 1. The van der Waals surface area contributed by atoms with Gasteiger partial charge in [0.25, 0.3) is 0 Å². The van der Waals surface area contributed by atoms with Crippen molar-refractivity contribution in [2.45, 2.75) is 33.7 Å². The number of anilines is 2. The molecule has 0 bridgehead atoms. The van der Waals surface area contributed by atoms with Crippen LogP contribution >= 0.6 is 0 Å². The quantitative estimate of drug-likeness (QED) is 0.770. The van der Waals surface area contributed by atoms with Crippen LogP contribution in [0.2, 0.25) is 0 Å². The highest BCUT2D eigenvalue weighted by Crippen LogP contribution is 2.23. The molecule has 1 unspecified atom stereocenters. The van der Waals surface area contributed by atoms with Gasteiger partial charge in [0.15, 0.2) is 0 Å². The van der Waals surface area contributed by atoms with Crippen LogP contribution in [0.1, 0.15) is 26.3 Å². The van der Waals surface area contributed by atoms with Gasteiger partial charge in [-0.05, 0) is 43.5 Å². The third-order valence-corrected chi connectivity index (χ3v) is 3.07. The monoisotopic (exact) mass is 206 g/mol. The molecule has 0 aromatic heterocycles. The zero-order valence-electron chi connectivity index (χ0n) is 10.4. The molecule has 0 amide bonds. The van der Waals surface area contributed by atoms with Crippen molar-refractivity contribution < 1.29 is 0 Å². The summed E-state index contributed by atoms with van der Waals surface area (Å²) in [6, 6.07) is 6.73. The molecule has 0 aliphatic carbocycles. The fraction of sp³-hybridized carbons (Fsp3) is 0.538. The van der Waals surface area contributed by atoms with Gasteiger partial charge in [0, 0.05) is 24.5 Å². The van der Waals surface area contributed by atoms with E-state index in [9.17, 15) is 0 Å². The minimum absolute atomic E-state index is 0.520. The molecule has 1 aromatic rings. The van der Waals surface area contributed by atoms with E-state index in [2.05, 4.69) is 45.7 Å². The Morgan fingerprint density at radius 2 is 1.73 bits per heavy atom. The number of benzene rings is 1. The smallest absolute Gasteiger partial charge is 0.0389 e. The standard InChI is InChI=1S/C13H22N2/c1-9(2)11(4)15(5)13-7-10(3)6-12(14)8-13/h6-9,11H,14H2,1-5H3. The third kappa shape index (κ3) is 2.88. The predicted molar refractivity (Wildman–Crippen MR) is 68.3 cm³/mol. The van der Waals surface area contributed by atoms with E-state index in [0.29, 0.717) is 12.0 Å². The van der Waals surface area contributed by atoms with E-state index in [1.165, 1.54) is 11.3 Å². The Hall–Kier alpha value is -1.18. The molecule has 84 valence electrons. The van der Waals surface area contributed by atoms with E-state index in [0.717, 1.165) is 5.69 Å². The molecule has 2 N–H and O–H groups in total. The summed E-state index contributed by atoms with van der Waals surface area (Å²) < 4.78 is 0. The van der Waals surface area contributed by atoms with Crippen molar-refractivity contribution >= 4 is 11.4 Å². The van der Waals surface area contributed by atoms with Gasteiger partial charge in [-0.25, -0.2) is 0 Å². The number of rotatable bonds is 3. The summed E-state index contributed by atoms with van der Waals surface area (Å²) in [5, 5.41) is 0. The average molecular weight is 206 g/mol. The zero-order chi connectivity index (χ0) is 11.6. The normalized spacial score (nSPS) is 12.9. The fourth-order valence-electron chi connectivity index (χ4n) is 1.68. The SMILES string of the molecule is Cc1cc(N)cc(N(C)C(C)C(C)C)c1. The van der Waals surface area contributed by atoms with Crippen molar-refractivity contribution in [3.8, 4) is 0 Å². The minimum atomic E-state index is 0.520. The Morgan fingerprint density at radius 1 is 1.13 bits per heavy atom. The number of nitrogens with zero attached hydrogens (tertiary/aromatic N) is 1. The second kappa shape index (κ2) is 4.56. The molecule has 2 heteroatoms. The molecular formula is C13H22N2. The first-order chi connectivity index (χ1) is 6.91. The van der Waals surface area contributed by atoms with Crippen molar-refractivity contribution in [3.63, 3.8) is 0 Å². The van der Waals surface area contributed by atoms with Gasteiger partial charge >= 0.3 is 0 Å². The first kappa shape index (κ1) is 11.9. The van der Waals surface area contributed by atoms with Crippen LogP contribution < -0.4 is 10.6 Å². The Balaban J connectivity index is 2.95. The van der Waals surface area contributed by atoms with Crippen LogP contribution in [0.5, 0.6) is 0 Å². The van der Waals surface area contributed by atoms with Crippen LogP contribution in [0.3, 0.4) is 0 Å². The van der Waals surface area contributed by atoms with Gasteiger partial charge in [-0.1, -0.05) is 13.8 Å². The maximum Gasteiger partial charge on any atom is 0.0389 e. The summed E-state index contributed by atoms with van der Waals surface area (Å²) in [5.74, 6) is 0.636. The number of nitrogens with two attached hydrogens (primary N) is 1. The van der Waals surface area contributed by atoms with Crippen molar-refractivity contribution in [2.75, 3.05) is 17.7 Å². The maximum atomic E-state index is 5.85. The predicted octanol–water partition coefficient (Wildman–Crippen LogP) is 3.06. The Morgan fingerprint density at radius 3 is 2.20 bits per heavy atom. The van der Waals surface area contributed by atoms with Gasteiger partial charge in [0.05, 0.1) is 0 Å². The number of aryl methyl sites for hydroxylation is 1. The van der Waals surface area contributed by atoms with E-state index < -0.39 is 0 Å².